The van der Waals surface area contributed by atoms with Crippen molar-refractivity contribution in [2.75, 3.05) is 18.4 Å². The summed E-state index contributed by atoms with van der Waals surface area (Å²) in [6.45, 7) is 11.2. The number of nitrogens with zero attached hydrogens (tertiary/aromatic N) is 3. The van der Waals surface area contributed by atoms with Crippen molar-refractivity contribution >= 4 is 28.4 Å². The lowest BCUT2D eigenvalue weighted by Gasteiger charge is -2.19. The van der Waals surface area contributed by atoms with Gasteiger partial charge in [0.1, 0.15) is 12.3 Å². The van der Waals surface area contributed by atoms with Gasteiger partial charge >= 0.3 is 0 Å². The van der Waals surface area contributed by atoms with E-state index in [2.05, 4.69) is 10.5 Å². The molecule has 3 rings (SSSR count). The highest BCUT2D eigenvalue weighted by atomic mass is 16.5. The number of benzene rings is 1. The average molecular weight is 396 g/mol. The second-order valence-corrected chi connectivity index (χ2v) is 7.23. The monoisotopic (exact) mass is 396 g/mol. The van der Waals surface area contributed by atoms with E-state index < -0.39 is 0 Å². The molecule has 0 spiro atoms. The molecule has 7 heteroatoms. The fourth-order valence-electron chi connectivity index (χ4n) is 3.73. The normalized spacial score (nSPS) is 12.2. The van der Waals surface area contributed by atoms with Gasteiger partial charge in [0.25, 0.3) is 0 Å². The molecule has 0 aliphatic rings. The highest BCUT2D eigenvalue weighted by molar-refractivity contribution is 5.98. The smallest absolute Gasteiger partial charge is 0.242 e. The van der Waals surface area contributed by atoms with Crippen LogP contribution in [-0.4, -0.2) is 39.5 Å². The summed E-state index contributed by atoms with van der Waals surface area (Å²) < 4.78 is 7.12. The van der Waals surface area contributed by atoms with Gasteiger partial charge in [-0.15, -0.1) is 0 Å². The Bertz CT molecular complexity index is 1010. The molecule has 2 aromatic heterocycles. The summed E-state index contributed by atoms with van der Waals surface area (Å²) in [4.78, 5) is 26.9. The topological polar surface area (TPSA) is 80.4 Å². The lowest BCUT2D eigenvalue weighted by Crippen LogP contribution is -2.33. The molecule has 0 aliphatic heterocycles. The minimum atomic E-state index is -0.367. The minimum Gasteiger partial charge on any atom is -0.361 e. The van der Waals surface area contributed by atoms with E-state index >= 15 is 0 Å². The van der Waals surface area contributed by atoms with Gasteiger partial charge in [0.2, 0.25) is 11.8 Å². The van der Waals surface area contributed by atoms with Gasteiger partial charge in [-0.3, -0.25) is 9.59 Å². The van der Waals surface area contributed by atoms with Gasteiger partial charge in [0.05, 0.1) is 11.6 Å². The van der Waals surface area contributed by atoms with Crippen LogP contribution >= 0.6 is 0 Å². The fraction of sp³-hybridized carbons (Fsp3) is 0.409. The summed E-state index contributed by atoms with van der Waals surface area (Å²) in [6.07, 6.45) is 1.91. The molecule has 0 fully saturated rings. The van der Waals surface area contributed by atoms with Crippen LogP contribution in [0.5, 0.6) is 0 Å². The predicted molar refractivity (Wildman–Crippen MR) is 113 cm³/mol. The van der Waals surface area contributed by atoms with E-state index in [0.717, 1.165) is 22.2 Å². The molecule has 0 radical (unpaired) electrons. The molecule has 29 heavy (non-hydrogen) atoms. The number of amides is 2. The van der Waals surface area contributed by atoms with Crippen LogP contribution in [0.25, 0.3) is 10.9 Å². The van der Waals surface area contributed by atoms with Crippen LogP contribution in [0.15, 0.2) is 35.0 Å². The molecular formula is C22H28N4O3. The second-order valence-electron chi connectivity index (χ2n) is 7.23. The molecule has 0 saturated carbocycles. The largest absolute Gasteiger partial charge is 0.361 e. The number of fused-ring (bicyclic) bond motifs is 1. The van der Waals surface area contributed by atoms with E-state index in [4.69, 9.17) is 4.52 Å². The van der Waals surface area contributed by atoms with Crippen LogP contribution in [0.4, 0.5) is 5.69 Å². The molecule has 0 bridgehead atoms. The Hall–Kier alpha value is -3.09. The van der Waals surface area contributed by atoms with Crippen molar-refractivity contribution in [2.45, 2.75) is 47.1 Å². The maximum atomic E-state index is 12.7. The second kappa shape index (κ2) is 8.51. The summed E-state index contributed by atoms with van der Waals surface area (Å²) in [7, 11) is 0. The maximum Gasteiger partial charge on any atom is 0.242 e. The number of rotatable bonds is 7. The summed E-state index contributed by atoms with van der Waals surface area (Å²) in [5.74, 6) is 0.275. The average Bonchev–Trinajstić information content (AvgIpc) is 3.24. The molecule has 7 nitrogen and oxygen atoms in total. The standard InChI is InChI=1S/C22H28N4O3/c1-6-25(7-2)20(27)13-26-11-10-17-12-18(8-9-19(17)26)23-22(28)14(3)21-15(4)24-29-16(21)5/h8-12,14H,6-7,13H2,1-5H3,(H,23,28). The Morgan fingerprint density at radius 1 is 1.21 bits per heavy atom. The van der Waals surface area contributed by atoms with E-state index in [-0.39, 0.29) is 17.7 Å². The molecule has 0 saturated heterocycles. The lowest BCUT2D eigenvalue weighted by molar-refractivity contribution is -0.131. The molecule has 154 valence electrons. The Labute approximate surface area is 170 Å². The van der Waals surface area contributed by atoms with Gasteiger partial charge in [-0.2, -0.15) is 0 Å². The number of anilines is 1. The summed E-state index contributed by atoms with van der Waals surface area (Å²) in [6, 6.07) is 7.67. The van der Waals surface area contributed by atoms with E-state index in [1.165, 1.54) is 0 Å². The first kappa shape index (κ1) is 20.6. The van der Waals surface area contributed by atoms with E-state index in [1.807, 2.05) is 74.5 Å². The summed E-state index contributed by atoms with van der Waals surface area (Å²) in [5.41, 5.74) is 3.23. The zero-order chi connectivity index (χ0) is 21.1. The molecule has 2 amide bonds. The first-order valence-electron chi connectivity index (χ1n) is 9.96. The quantitative estimate of drug-likeness (QED) is 0.658. The van der Waals surface area contributed by atoms with Gasteiger partial charge in [0.15, 0.2) is 0 Å². The Kier molecular flexibility index (Phi) is 6.06. The molecule has 1 atom stereocenters. The first-order valence-corrected chi connectivity index (χ1v) is 9.96. The highest BCUT2D eigenvalue weighted by Crippen LogP contribution is 2.26. The van der Waals surface area contributed by atoms with Gasteiger partial charge in [-0.1, -0.05) is 5.16 Å². The first-order chi connectivity index (χ1) is 13.8. The maximum absolute atomic E-state index is 12.7. The molecule has 2 heterocycles. The van der Waals surface area contributed by atoms with Gasteiger partial charge < -0.3 is 19.3 Å². The fourth-order valence-corrected chi connectivity index (χ4v) is 3.73. The van der Waals surface area contributed by atoms with Crippen LogP contribution < -0.4 is 5.32 Å². The minimum absolute atomic E-state index is 0.0955. The number of hydrogen-bond acceptors (Lipinski definition) is 4. The van der Waals surface area contributed by atoms with Crippen molar-refractivity contribution in [2.24, 2.45) is 0 Å². The van der Waals surface area contributed by atoms with Crippen molar-refractivity contribution in [3.05, 3.63) is 47.5 Å². The molecule has 1 unspecified atom stereocenters. The van der Waals surface area contributed by atoms with Crippen LogP contribution in [0.1, 0.15) is 43.7 Å². The molecular weight excluding hydrogens is 368 g/mol. The number of aromatic nitrogens is 2. The third kappa shape index (κ3) is 4.18. The van der Waals surface area contributed by atoms with Crippen LogP contribution in [0, 0.1) is 13.8 Å². The third-order valence-corrected chi connectivity index (χ3v) is 5.38. The number of aryl methyl sites for hydroxylation is 2. The summed E-state index contributed by atoms with van der Waals surface area (Å²) >= 11 is 0. The Balaban J connectivity index is 1.75. The van der Waals surface area contributed by atoms with E-state index in [0.29, 0.717) is 31.1 Å². The van der Waals surface area contributed by atoms with E-state index in [1.54, 1.807) is 0 Å². The highest BCUT2D eigenvalue weighted by Gasteiger charge is 2.23. The van der Waals surface area contributed by atoms with Crippen molar-refractivity contribution in [1.29, 1.82) is 0 Å². The van der Waals surface area contributed by atoms with Crippen LogP contribution in [0.2, 0.25) is 0 Å². The van der Waals surface area contributed by atoms with Crippen LogP contribution in [0.3, 0.4) is 0 Å². The SMILES string of the molecule is CCN(CC)C(=O)Cn1ccc2cc(NC(=O)C(C)c3c(C)noc3C)ccc21. The Morgan fingerprint density at radius 2 is 1.93 bits per heavy atom. The number of nitrogens with one attached hydrogen (secondary N) is 1. The number of likely N-dealkylation sites (N-methyl/N-ethyl adjacent to an activating group) is 1. The third-order valence-electron chi connectivity index (χ3n) is 5.38. The zero-order valence-electron chi connectivity index (χ0n) is 17.7. The molecule has 1 N–H and O–H groups in total. The molecule has 0 aliphatic carbocycles. The molecule has 1 aromatic carbocycles. The van der Waals surface area contributed by atoms with Crippen molar-refractivity contribution in [1.82, 2.24) is 14.6 Å². The van der Waals surface area contributed by atoms with Gasteiger partial charge in [0, 0.05) is 41.4 Å². The van der Waals surface area contributed by atoms with Gasteiger partial charge in [-0.25, -0.2) is 0 Å². The van der Waals surface area contributed by atoms with Crippen molar-refractivity contribution in [3.8, 4) is 0 Å². The van der Waals surface area contributed by atoms with E-state index in [9.17, 15) is 9.59 Å². The van der Waals surface area contributed by atoms with Crippen molar-refractivity contribution in [3.63, 3.8) is 0 Å². The Morgan fingerprint density at radius 3 is 2.55 bits per heavy atom. The lowest BCUT2D eigenvalue weighted by atomic mass is 9.98. The summed E-state index contributed by atoms with van der Waals surface area (Å²) in [5, 5.41) is 7.87. The van der Waals surface area contributed by atoms with Crippen LogP contribution in [-0.2, 0) is 16.1 Å². The van der Waals surface area contributed by atoms with Gasteiger partial charge in [-0.05, 0) is 58.9 Å². The number of carbonyl (C=O) groups excluding carboxylic acids is 2. The number of hydrogen-bond donors (Lipinski definition) is 1. The number of carbonyl (C=O) groups is 2. The molecule has 3 aromatic rings. The predicted octanol–water partition coefficient (Wildman–Crippen LogP) is 3.86. The van der Waals surface area contributed by atoms with Crippen molar-refractivity contribution < 1.29 is 14.1 Å². The zero-order valence-corrected chi connectivity index (χ0v) is 17.7.